The maximum atomic E-state index is 3.40. The van der Waals surface area contributed by atoms with Gasteiger partial charge in [-0.2, -0.15) is 0 Å². The molecule has 0 atom stereocenters. The van der Waals surface area contributed by atoms with Gasteiger partial charge in [-0.15, -0.1) is 0 Å². The fourth-order valence-electron chi connectivity index (χ4n) is 0.366. The molecule has 0 N–H and O–H groups in total. The van der Waals surface area contributed by atoms with Crippen LogP contribution in [0.15, 0.2) is 22.2 Å². The van der Waals surface area contributed by atoms with Gasteiger partial charge < -0.3 is 0 Å². The van der Waals surface area contributed by atoms with Crippen molar-refractivity contribution in [1.82, 2.24) is 0 Å². The lowest BCUT2D eigenvalue weighted by Crippen LogP contribution is -1.70. The lowest BCUT2D eigenvalue weighted by Gasteiger charge is -1.92. The van der Waals surface area contributed by atoms with Gasteiger partial charge in [0.05, 0.1) is 0 Å². The second kappa shape index (κ2) is 3.90. The number of halogens is 1. The van der Waals surface area contributed by atoms with Crippen LogP contribution in [0.5, 0.6) is 0 Å². The van der Waals surface area contributed by atoms with Gasteiger partial charge in [0.25, 0.3) is 0 Å². The first-order chi connectivity index (χ1) is 3.72. The summed E-state index contributed by atoms with van der Waals surface area (Å²) < 4.78 is 1.18. The van der Waals surface area contributed by atoms with Gasteiger partial charge in [0.15, 0.2) is 0 Å². The number of allylic oxidation sites excluding steroid dienone is 4. The van der Waals surface area contributed by atoms with E-state index < -0.39 is 0 Å². The van der Waals surface area contributed by atoms with Crippen molar-refractivity contribution in [3.05, 3.63) is 22.2 Å². The van der Waals surface area contributed by atoms with Crippen molar-refractivity contribution < 1.29 is 0 Å². The van der Waals surface area contributed by atoms with E-state index in [9.17, 15) is 0 Å². The van der Waals surface area contributed by atoms with Crippen LogP contribution < -0.4 is 0 Å². The Morgan fingerprint density at radius 3 is 1.88 bits per heavy atom. The molecule has 0 aliphatic heterocycles. The lowest BCUT2D eigenvalue weighted by molar-refractivity contribution is 1.45. The highest BCUT2D eigenvalue weighted by atomic mass is 79.9. The van der Waals surface area contributed by atoms with E-state index in [-0.39, 0.29) is 0 Å². The molecule has 0 fully saturated rings. The first-order valence-corrected chi connectivity index (χ1v) is 3.46. The van der Waals surface area contributed by atoms with Crippen LogP contribution in [0.3, 0.4) is 0 Å². The highest BCUT2D eigenvalue weighted by Crippen LogP contribution is 2.14. The molecule has 0 saturated heterocycles. The third kappa shape index (κ3) is 2.31. The molecule has 0 aliphatic rings. The normalized spacial score (nSPS) is 14.5. The second-order valence-electron chi connectivity index (χ2n) is 1.61. The summed E-state index contributed by atoms with van der Waals surface area (Å²) >= 11 is 3.40. The van der Waals surface area contributed by atoms with Gasteiger partial charge in [0.2, 0.25) is 0 Å². The molecule has 0 rings (SSSR count). The quantitative estimate of drug-likeness (QED) is 0.536. The Balaban J connectivity index is 4.04. The highest BCUT2D eigenvalue weighted by Gasteiger charge is 1.87. The molecule has 1 heteroatoms. The van der Waals surface area contributed by atoms with Crippen LogP contribution in [0.4, 0.5) is 0 Å². The van der Waals surface area contributed by atoms with E-state index >= 15 is 0 Å². The van der Waals surface area contributed by atoms with Gasteiger partial charge in [-0.25, -0.2) is 0 Å². The van der Waals surface area contributed by atoms with Crippen molar-refractivity contribution in [1.29, 1.82) is 0 Å². The van der Waals surface area contributed by atoms with Crippen molar-refractivity contribution in [2.24, 2.45) is 0 Å². The molecule has 0 aromatic carbocycles. The molecule has 0 heterocycles. The molecule has 0 unspecified atom stereocenters. The fourth-order valence-corrected chi connectivity index (χ4v) is 0.594. The Bertz CT molecular complexity index is 104. The van der Waals surface area contributed by atoms with E-state index in [0.717, 1.165) is 0 Å². The van der Waals surface area contributed by atoms with Crippen molar-refractivity contribution in [2.45, 2.75) is 20.8 Å². The van der Waals surface area contributed by atoms with Gasteiger partial charge in [-0.05, 0) is 26.3 Å². The largest absolute Gasteiger partial charge is 0.0836 e. The van der Waals surface area contributed by atoms with Crippen LogP contribution in [0, 0.1) is 0 Å². The number of hydrogen-bond acceptors (Lipinski definition) is 0. The van der Waals surface area contributed by atoms with Gasteiger partial charge >= 0.3 is 0 Å². The third-order valence-electron chi connectivity index (χ3n) is 1.06. The Morgan fingerprint density at radius 1 is 1.25 bits per heavy atom. The molecule has 0 aromatic rings. The van der Waals surface area contributed by atoms with Crippen LogP contribution in [-0.4, -0.2) is 0 Å². The van der Waals surface area contributed by atoms with Crippen LogP contribution in [0.25, 0.3) is 0 Å². The number of hydrogen-bond donors (Lipinski definition) is 0. The zero-order chi connectivity index (χ0) is 6.57. The van der Waals surface area contributed by atoms with Gasteiger partial charge in [-0.1, -0.05) is 28.1 Å². The topological polar surface area (TPSA) is 0 Å². The zero-order valence-corrected chi connectivity index (χ0v) is 7.12. The molecule has 0 radical (unpaired) electrons. The third-order valence-corrected chi connectivity index (χ3v) is 2.15. The summed E-state index contributed by atoms with van der Waals surface area (Å²) in [5.74, 6) is 0. The van der Waals surface area contributed by atoms with Crippen LogP contribution in [0.2, 0.25) is 0 Å². The van der Waals surface area contributed by atoms with Gasteiger partial charge in [0.1, 0.15) is 0 Å². The predicted molar refractivity (Wildman–Crippen MR) is 42.1 cm³/mol. The van der Waals surface area contributed by atoms with E-state index in [4.69, 9.17) is 0 Å². The SMILES string of the molecule is CC=C(C)C(Br)=CC. The lowest BCUT2D eigenvalue weighted by atomic mass is 10.3. The molecule has 46 valence electrons. The smallest absolute Gasteiger partial charge is 0.0158 e. The predicted octanol–water partition coefficient (Wildman–Crippen LogP) is 3.25. The fraction of sp³-hybridized carbons (Fsp3) is 0.429. The minimum atomic E-state index is 1.18. The molecule has 0 aliphatic carbocycles. The Kier molecular flexibility index (Phi) is 3.88. The zero-order valence-electron chi connectivity index (χ0n) is 5.53. The Hall–Kier alpha value is -0.0400. The molecule has 0 amide bonds. The molecule has 0 spiro atoms. The molecule has 0 nitrogen and oxygen atoms in total. The van der Waals surface area contributed by atoms with Crippen LogP contribution in [-0.2, 0) is 0 Å². The van der Waals surface area contributed by atoms with Crippen LogP contribution >= 0.6 is 15.9 Å². The van der Waals surface area contributed by atoms with Crippen molar-refractivity contribution in [3.8, 4) is 0 Å². The maximum absolute atomic E-state index is 3.40. The maximum Gasteiger partial charge on any atom is 0.0158 e. The van der Waals surface area contributed by atoms with Crippen molar-refractivity contribution in [3.63, 3.8) is 0 Å². The molecular weight excluding hydrogens is 164 g/mol. The minimum absolute atomic E-state index is 1.18. The second-order valence-corrected chi connectivity index (χ2v) is 2.46. The summed E-state index contributed by atoms with van der Waals surface area (Å²) in [6, 6.07) is 0. The van der Waals surface area contributed by atoms with Crippen LogP contribution in [0.1, 0.15) is 20.8 Å². The molecule has 0 bridgehead atoms. The monoisotopic (exact) mass is 174 g/mol. The summed E-state index contributed by atoms with van der Waals surface area (Å²) in [4.78, 5) is 0. The van der Waals surface area contributed by atoms with Crippen molar-refractivity contribution >= 4 is 15.9 Å². The van der Waals surface area contributed by atoms with Crippen molar-refractivity contribution in [2.75, 3.05) is 0 Å². The van der Waals surface area contributed by atoms with E-state index in [2.05, 4.69) is 28.9 Å². The molecular formula is C7H11Br. The van der Waals surface area contributed by atoms with E-state index in [1.54, 1.807) is 0 Å². The Labute approximate surface area is 59.4 Å². The summed E-state index contributed by atoms with van der Waals surface area (Å²) in [6.07, 6.45) is 4.11. The highest BCUT2D eigenvalue weighted by molar-refractivity contribution is 9.11. The summed E-state index contributed by atoms with van der Waals surface area (Å²) in [5, 5.41) is 0. The molecule has 0 aromatic heterocycles. The van der Waals surface area contributed by atoms with Gasteiger partial charge in [-0.3, -0.25) is 0 Å². The van der Waals surface area contributed by atoms with E-state index in [0.29, 0.717) is 0 Å². The average molecular weight is 175 g/mol. The number of rotatable bonds is 1. The summed E-state index contributed by atoms with van der Waals surface area (Å²) in [7, 11) is 0. The summed E-state index contributed by atoms with van der Waals surface area (Å²) in [5.41, 5.74) is 1.28. The molecule has 8 heavy (non-hydrogen) atoms. The average Bonchev–Trinajstić information content (AvgIpc) is 1.84. The molecule has 0 saturated carbocycles. The van der Waals surface area contributed by atoms with Gasteiger partial charge in [0, 0.05) is 4.48 Å². The summed E-state index contributed by atoms with van der Waals surface area (Å²) in [6.45, 7) is 6.11. The van der Waals surface area contributed by atoms with E-state index in [1.807, 2.05) is 19.9 Å². The first-order valence-electron chi connectivity index (χ1n) is 2.67. The Morgan fingerprint density at radius 2 is 1.75 bits per heavy atom. The minimum Gasteiger partial charge on any atom is -0.0836 e. The first kappa shape index (κ1) is 7.96. The van der Waals surface area contributed by atoms with E-state index in [1.165, 1.54) is 10.1 Å². The standard InChI is InChI=1S/C7H11Br/c1-4-6(3)7(8)5-2/h4-5H,1-3H3.